The summed E-state index contributed by atoms with van der Waals surface area (Å²) in [5.41, 5.74) is 0. The molecule has 0 aliphatic carbocycles. The third-order valence-electron chi connectivity index (χ3n) is 1.04. The summed E-state index contributed by atoms with van der Waals surface area (Å²) in [4.78, 5) is 10.6. The van der Waals surface area contributed by atoms with Gasteiger partial charge >= 0.3 is 5.97 Å². The van der Waals surface area contributed by atoms with Crippen LogP contribution in [0.4, 0.5) is 0 Å². The highest BCUT2D eigenvalue weighted by Gasteiger charge is 2.05. The van der Waals surface area contributed by atoms with Gasteiger partial charge in [0.05, 0.1) is 0 Å². The Morgan fingerprint density at radius 3 is 2.77 bits per heavy atom. The summed E-state index contributed by atoms with van der Waals surface area (Å²) in [6.07, 6.45) is 0.415. The number of ether oxygens (including phenoxy) is 4. The van der Waals surface area contributed by atoms with E-state index in [9.17, 15) is 4.79 Å². The number of esters is 1. The summed E-state index contributed by atoms with van der Waals surface area (Å²) in [6.45, 7) is 4.98. The second-order valence-corrected chi connectivity index (χ2v) is 2.10. The molecule has 0 saturated heterocycles. The van der Waals surface area contributed by atoms with E-state index < -0.39 is 12.3 Å². The molecule has 13 heavy (non-hydrogen) atoms. The van der Waals surface area contributed by atoms with Crippen LogP contribution in [0.5, 0.6) is 0 Å². The molecule has 0 aromatic heterocycles. The minimum atomic E-state index is -0.651. The highest BCUT2D eigenvalue weighted by Crippen LogP contribution is 1.94. The van der Waals surface area contributed by atoms with Gasteiger partial charge in [-0.05, 0) is 6.92 Å². The van der Waals surface area contributed by atoms with Crippen molar-refractivity contribution in [2.45, 2.75) is 13.2 Å². The maximum Gasteiger partial charge on any atom is 0.332 e. The lowest BCUT2D eigenvalue weighted by atomic mass is 10.6. The maximum absolute atomic E-state index is 10.6. The Morgan fingerprint density at radius 1 is 1.54 bits per heavy atom. The number of carbonyl (C=O) groups excluding carboxylic acids is 1. The minimum Gasteiger partial charge on any atom is -0.433 e. The molecule has 0 aromatic carbocycles. The lowest BCUT2D eigenvalue weighted by Gasteiger charge is -2.12. The molecule has 0 heterocycles. The third-order valence-corrected chi connectivity index (χ3v) is 1.04. The lowest BCUT2D eigenvalue weighted by Crippen LogP contribution is -2.18. The molecular formula is C8H14O5. The molecule has 0 aliphatic rings. The smallest absolute Gasteiger partial charge is 0.332 e. The van der Waals surface area contributed by atoms with Crippen LogP contribution in [-0.4, -0.2) is 33.0 Å². The normalized spacial score (nSPS) is 12.2. The van der Waals surface area contributed by atoms with Crippen molar-refractivity contribution < 1.29 is 23.7 Å². The Morgan fingerprint density at radius 2 is 2.23 bits per heavy atom. The standard InChI is InChI=1S/C8H14O5/c1-4-8(9)13-7(2)12-6-11-5-10-3/h4,7H,1,5-6H2,2-3H3. The zero-order chi connectivity index (χ0) is 10.1. The predicted molar refractivity (Wildman–Crippen MR) is 44.7 cm³/mol. The van der Waals surface area contributed by atoms with E-state index in [0.717, 1.165) is 6.08 Å². The quantitative estimate of drug-likeness (QED) is 0.255. The van der Waals surface area contributed by atoms with Gasteiger partial charge in [0, 0.05) is 13.2 Å². The predicted octanol–water partition coefficient (Wildman–Crippen LogP) is 0.656. The summed E-state index contributed by atoms with van der Waals surface area (Å²) in [5, 5.41) is 0. The molecule has 0 N–H and O–H groups in total. The van der Waals surface area contributed by atoms with Crippen molar-refractivity contribution in [2.24, 2.45) is 0 Å². The molecule has 1 atom stereocenters. The largest absolute Gasteiger partial charge is 0.433 e. The second kappa shape index (κ2) is 7.72. The Labute approximate surface area is 77.2 Å². The lowest BCUT2D eigenvalue weighted by molar-refractivity contribution is -0.205. The van der Waals surface area contributed by atoms with Crippen LogP contribution in [-0.2, 0) is 23.7 Å². The van der Waals surface area contributed by atoms with Gasteiger partial charge in [0.2, 0.25) is 6.29 Å². The molecule has 0 rings (SSSR count). The van der Waals surface area contributed by atoms with Crippen LogP contribution in [0.2, 0.25) is 0 Å². The SMILES string of the molecule is C=CC(=O)OC(C)OCOCOC. The van der Waals surface area contributed by atoms with E-state index in [0.29, 0.717) is 0 Å². The van der Waals surface area contributed by atoms with Crippen LogP contribution in [0.15, 0.2) is 12.7 Å². The van der Waals surface area contributed by atoms with Gasteiger partial charge in [0.25, 0.3) is 0 Å². The van der Waals surface area contributed by atoms with Gasteiger partial charge in [-0.25, -0.2) is 4.79 Å². The summed E-state index contributed by atoms with van der Waals surface area (Å²) in [5.74, 6) is -0.528. The molecule has 0 amide bonds. The van der Waals surface area contributed by atoms with Crippen LogP contribution < -0.4 is 0 Å². The third kappa shape index (κ3) is 7.45. The van der Waals surface area contributed by atoms with Gasteiger partial charge in [0.1, 0.15) is 6.79 Å². The molecule has 0 saturated carbocycles. The highest BCUT2D eigenvalue weighted by molar-refractivity contribution is 5.81. The maximum atomic E-state index is 10.6. The average molecular weight is 190 g/mol. The summed E-state index contributed by atoms with van der Waals surface area (Å²) < 4.78 is 19.0. The van der Waals surface area contributed by atoms with Crippen LogP contribution >= 0.6 is 0 Å². The Balaban J connectivity index is 3.34. The molecular weight excluding hydrogens is 176 g/mol. The Hall–Kier alpha value is -0.910. The summed E-state index contributed by atoms with van der Waals surface area (Å²) in [6, 6.07) is 0. The molecule has 5 heteroatoms. The molecule has 76 valence electrons. The van der Waals surface area contributed by atoms with E-state index in [2.05, 4.69) is 16.1 Å². The van der Waals surface area contributed by atoms with E-state index in [1.807, 2.05) is 0 Å². The molecule has 1 unspecified atom stereocenters. The van der Waals surface area contributed by atoms with Crippen molar-refractivity contribution in [3.05, 3.63) is 12.7 Å². The first-order valence-corrected chi connectivity index (χ1v) is 3.72. The topological polar surface area (TPSA) is 54.0 Å². The van der Waals surface area contributed by atoms with E-state index >= 15 is 0 Å². The van der Waals surface area contributed by atoms with Crippen molar-refractivity contribution in [1.29, 1.82) is 0 Å². The molecule has 5 nitrogen and oxygen atoms in total. The average Bonchev–Trinajstić information content (AvgIpc) is 2.12. The fourth-order valence-electron chi connectivity index (χ4n) is 0.507. The van der Waals surface area contributed by atoms with Gasteiger partial charge in [-0.1, -0.05) is 6.58 Å². The molecule has 0 aliphatic heterocycles. The van der Waals surface area contributed by atoms with E-state index in [4.69, 9.17) is 9.47 Å². The molecule has 0 spiro atoms. The number of hydrogen-bond acceptors (Lipinski definition) is 5. The monoisotopic (exact) mass is 190 g/mol. The first-order valence-electron chi connectivity index (χ1n) is 3.72. The molecule has 0 bridgehead atoms. The van der Waals surface area contributed by atoms with Gasteiger partial charge in [-0.15, -0.1) is 0 Å². The van der Waals surface area contributed by atoms with Gasteiger partial charge in [0.15, 0.2) is 6.79 Å². The van der Waals surface area contributed by atoms with Crippen LogP contribution in [0.1, 0.15) is 6.92 Å². The number of hydrogen-bond donors (Lipinski definition) is 0. The van der Waals surface area contributed by atoms with Crippen LogP contribution in [0.3, 0.4) is 0 Å². The molecule has 0 aromatic rings. The van der Waals surface area contributed by atoms with Crippen molar-refractivity contribution in [3.63, 3.8) is 0 Å². The van der Waals surface area contributed by atoms with Crippen LogP contribution in [0, 0.1) is 0 Å². The fourth-order valence-corrected chi connectivity index (χ4v) is 0.507. The fraction of sp³-hybridized carbons (Fsp3) is 0.625. The number of carbonyl (C=O) groups is 1. The van der Waals surface area contributed by atoms with Crippen molar-refractivity contribution in [3.8, 4) is 0 Å². The van der Waals surface area contributed by atoms with Crippen LogP contribution in [0.25, 0.3) is 0 Å². The first kappa shape index (κ1) is 12.1. The Bertz CT molecular complexity index is 157. The summed E-state index contributed by atoms with van der Waals surface area (Å²) in [7, 11) is 1.50. The Kier molecular flexibility index (Phi) is 7.18. The zero-order valence-electron chi connectivity index (χ0n) is 7.82. The van der Waals surface area contributed by atoms with Gasteiger partial charge in [-0.3, -0.25) is 0 Å². The van der Waals surface area contributed by atoms with E-state index in [1.54, 1.807) is 6.92 Å². The van der Waals surface area contributed by atoms with Crippen molar-refractivity contribution in [2.75, 3.05) is 20.7 Å². The van der Waals surface area contributed by atoms with E-state index in [-0.39, 0.29) is 13.6 Å². The number of rotatable bonds is 7. The minimum absolute atomic E-state index is 0.0133. The van der Waals surface area contributed by atoms with Crippen molar-refractivity contribution >= 4 is 5.97 Å². The first-order chi connectivity index (χ1) is 6.20. The molecule has 0 radical (unpaired) electrons. The van der Waals surface area contributed by atoms with E-state index in [1.165, 1.54) is 7.11 Å². The van der Waals surface area contributed by atoms with Crippen molar-refractivity contribution in [1.82, 2.24) is 0 Å². The summed E-state index contributed by atoms with van der Waals surface area (Å²) >= 11 is 0. The second-order valence-electron chi connectivity index (χ2n) is 2.10. The van der Waals surface area contributed by atoms with Gasteiger partial charge in [-0.2, -0.15) is 0 Å². The molecule has 0 fully saturated rings. The zero-order valence-corrected chi connectivity index (χ0v) is 7.82. The van der Waals surface area contributed by atoms with Gasteiger partial charge < -0.3 is 18.9 Å². The highest BCUT2D eigenvalue weighted by atomic mass is 16.8. The number of methoxy groups -OCH3 is 1.